The van der Waals surface area contributed by atoms with Crippen molar-refractivity contribution >= 4 is 49.2 Å². The SMILES string of the molecule is C1=Cc2ccccc2C1.c1ccc2cc3cc4cc5ccccc5cc4cc3cc2c1. The van der Waals surface area contributed by atoms with E-state index in [0.717, 1.165) is 6.42 Å². The molecular weight excluding hydrogens is 372 g/mol. The van der Waals surface area contributed by atoms with Gasteiger partial charge in [0.1, 0.15) is 0 Å². The Morgan fingerprint density at radius 3 is 1.23 bits per heavy atom. The van der Waals surface area contributed by atoms with E-state index >= 15 is 0 Å². The predicted octanol–water partition coefficient (Wildman–Crippen LogP) is 8.56. The van der Waals surface area contributed by atoms with Crippen molar-refractivity contribution in [1.82, 2.24) is 0 Å². The quantitative estimate of drug-likeness (QED) is 0.226. The summed E-state index contributed by atoms with van der Waals surface area (Å²) in [6, 6.07) is 39.4. The first kappa shape index (κ1) is 17.9. The van der Waals surface area contributed by atoms with Gasteiger partial charge in [-0.25, -0.2) is 0 Å². The van der Waals surface area contributed by atoms with Gasteiger partial charge in [-0.05, 0) is 97.0 Å². The van der Waals surface area contributed by atoms with E-state index in [9.17, 15) is 0 Å². The summed E-state index contributed by atoms with van der Waals surface area (Å²) in [6.07, 6.45) is 5.50. The summed E-state index contributed by atoms with van der Waals surface area (Å²) in [6.45, 7) is 0. The Kier molecular flexibility index (Phi) is 4.28. The summed E-state index contributed by atoms with van der Waals surface area (Å²) >= 11 is 0. The van der Waals surface area contributed by atoms with E-state index in [1.54, 1.807) is 0 Å². The third kappa shape index (κ3) is 3.37. The van der Waals surface area contributed by atoms with E-state index in [4.69, 9.17) is 0 Å². The molecule has 7 rings (SSSR count). The minimum absolute atomic E-state index is 1.12. The second-order valence-electron chi connectivity index (χ2n) is 8.25. The summed E-state index contributed by atoms with van der Waals surface area (Å²) < 4.78 is 0. The Bertz CT molecular complexity index is 1420. The molecule has 0 saturated carbocycles. The van der Waals surface area contributed by atoms with Gasteiger partial charge in [0.25, 0.3) is 0 Å². The third-order valence-electron chi connectivity index (χ3n) is 6.21. The number of hydrogen-bond donors (Lipinski definition) is 0. The number of rotatable bonds is 0. The lowest BCUT2D eigenvalue weighted by Gasteiger charge is -2.07. The maximum Gasteiger partial charge on any atom is -0.00882 e. The van der Waals surface area contributed by atoms with Gasteiger partial charge in [0.15, 0.2) is 0 Å². The first-order valence-electron chi connectivity index (χ1n) is 10.8. The molecule has 0 N–H and O–H groups in total. The molecule has 0 atom stereocenters. The number of fused-ring (bicyclic) bond motifs is 5. The van der Waals surface area contributed by atoms with Crippen LogP contribution in [-0.2, 0) is 6.42 Å². The molecule has 0 nitrogen and oxygen atoms in total. The second-order valence-corrected chi connectivity index (χ2v) is 8.25. The number of allylic oxidation sites excluding steroid dienone is 1. The molecule has 0 fully saturated rings. The molecule has 0 bridgehead atoms. The zero-order valence-corrected chi connectivity index (χ0v) is 17.3. The predicted molar refractivity (Wildman–Crippen MR) is 136 cm³/mol. The van der Waals surface area contributed by atoms with Crippen molar-refractivity contribution in [3.8, 4) is 0 Å². The first-order chi connectivity index (χ1) is 15.3. The fraction of sp³-hybridized carbons (Fsp3) is 0.0323. The molecule has 0 amide bonds. The van der Waals surface area contributed by atoms with Gasteiger partial charge in [-0.1, -0.05) is 84.9 Å². The van der Waals surface area contributed by atoms with Gasteiger partial charge in [0, 0.05) is 0 Å². The summed E-state index contributed by atoms with van der Waals surface area (Å²) in [5.41, 5.74) is 2.84. The minimum Gasteiger partial charge on any atom is -0.0795 e. The maximum atomic E-state index is 2.31. The molecule has 6 aromatic rings. The summed E-state index contributed by atoms with van der Waals surface area (Å²) in [4.78, 5) is 0. The zero-order valence-electron chi connectivity index (χ0n) is 17.3. The smallest absolute Gasteiger partial charge is 0.00882 e. The largest absolute Gasteiger partial charge is 0.0795 e. The summed E-state index contributed by atoms with van der Waals surface area (Å²) in [7, 11) is 0. The van der Waals surface area contributed by atoms with Crippen LogP contribution in [0.4, 0.5) is 0 Å². The molecule has 6 aromatic carbocycles. The first-order valence-corrected chi connectivity index (χ1v) is 10.8. The van der Waals surface area contributed by atoms with Crippen LogP contribution in [0.1, 0.15) is 11.1 Å². The number of benzene rings is 6. The van der Waals surface area contributed by atoms with E-state index in [1.807, 2.05) is 0 Å². The molecule has 0 heteroatoms. The van der Waals surface area contributed by atoms with Crippen LogP contribution in [0.5, 0.6) is 0 Å². The van der Waals surface area contributed by atoms with E-state index in [1.165, 1.54) is 54.2 Å². The Morgan fingerprint density at radius 1 is 0.387 bits per heavy atom. The minimum atomic E-state index is 1.12. The molecule has 0 saturated heterocycles. The molecule has 0 heterocycles. The van der Waals surface area contributed by atoms with Crippen LogP contribution in [0.25, 0.3) is 49.2 Å². The van der Waals surface area contributed by atoms with Crippen LogP contribution in [0, 0.1) is 0 Å². The molecule has 1 aliphatic rings. The molecular formula is C31H22. The van der Waals surface area contributed by atoms with E-state index in [2.05, 4.69) is 121 Å². The van der Waals surface area contributed by atoms with Crippen molar-refractivity contribution in [3.63, 3.8) is 0 Å². The maximum absolute atomic E-state index is 2.31. The van der Waals surface area contributed by atoms with Crippen LogP contribution in [0.2, 0.25) is 0 Å². The Hall–Kier alpha value is -3.90. The highest BCUT2D eigenvalue weighted by atomic mass is 14.1. The lowest BCUT2D eigenvalue weighted by Crippen LogP contribution is -1.80. The molecule has 0 unspecified atom stereocenters. The lowest BCUT2D eigenvalue weighted by atomic mass is 9.97. The molecule has 146 valence electrons. The fourth-order valence-electron chi connectivity index (χ4n) is 4.58. The average Bonchev–Trinajstić information content (AvgIpc) is 3.29. The molecule has 0 aromatic heterocycles. The van der Waals surface area contributed by atoms with Crippen LogP contribution >= 0.6 is 0 Å². The van der Waals surface area contributed by atoms with Gasteiger partial charge in [-0.15, -0.1) is 0 Å². The highest BCUT2D eigenvalue weighted by Crippen LogP contribution is 2.30. The average molecular weight is 395 g/mol. The Labute approximate surface area is 182 Å². The van der Waals surface area contributed by atoms with Gasteiger partial charge in [-0.2, -0.15) is 0 Å². The second kappa shape index (κ2) is 7.41. The zero-order chi connectivity index (χ0) is 20.6. The Balaban J connectivity index is 0.000000172. The fourth-order valence-corrected chi connectivity index (χ4v) is 4.58. The van der Waals surface area contributed by atoms with Gasteiger partial charge in [-0.3, -0.25) is 0 Å². The van der Waals surface area contributed by atoms with Crippen LogP contribution < -0.4 is 0 Å². The molecule has 1 aliphatic carbocycles. The van der Waals surface area contributed by atoms with Crippen LogP contribution in [0.3, 0.4) is 0 Å². The third-order valence-corrected chi connectivity index (χ3v) is 6.21. The highest BCUT2D eigenvalue weighted by Gasteiger charge is 2.03. The molecule has 31 heavy (non-hydrogen) atoms. The van der Waals surface area contributed by atoms with Crippen molar-refractivity contribution in [1.29, 1.82) is 0 Å². The summed E-state index contributed by atoms with van der Waals surface area (Å²) in [5, 5.41) is 10.4. The lowest BCUT2D eigenvalue weighted by molar-refractivity contribution is 1.31. The van der Waals surface area contributed by atoms with E-state index in [0.29, 0.717) is 0 Å². The highest BCUT2D eigenvalue weighted by molar-refractivity contribution is 6.08. The van der Waals surface area contributed by atoms with Gasteiger partial charge < -0.3 is 0 Å². The standard InChI is InChI=1S/C22H14.C9H8/c1-2-6-16-10-20-14-22-12-18-8-4-3-7-17(18)11-21(22)13-19(20)9-15(16)5-1;1-2-5-9-7-3-6-8(9)4-1/h1-14H;1-6H,7H2. The molecule has 0 spiro atoms. The Morgan fingerprint density at radius 2 is 0.774 bits per heavy atom. The monoisotopic (exact) mass is 394 g/mol. The molecule has 0 aliphatic heterocycles. The topological polar surface area (TPSA) is 0 Å². The van der Waals surface area contributed by atoms with Crippen molar-refractivity contribution < 1.29 is 0 Å². The van der Waals surface area contributed by atoms with E-state index in [-0.39, 0.29) is 0 Å². The normalized spacial score (nSPS) is 12.3. The van der Waals surface area contributed by atoms with Crippen LogP contribution in [-0.4, -0.2) is 0 Å². The van der Waals surface area contributed by atoms with Gasteiger partial charge in [0.2, 0.25) is 0 Å². The van der Waals surface area contributed by atoms with Gasteiger partial charge >= 0.3 is 0 Å². The number of hydrogen-bond acceptors (Lipinski definition) is 0. The van der Waals surface area contributed by atoms with Gasteiger partial charge in [0.05, 0.1) is 0 Å². The molecule has 0 radical (unpaired) electrons. The van der Waals surface area contributed by atoms with Crippen molar-refractivity contribution in [3.05, 3.63) is 126 Å². The van der Waals surface area contributed by atoms with E-state index < -0.39 is 0 Å². The van der Waals surface area contributed by atoms with Crippen LogP contribution in [0.15, 0.2) is 115 Å². The van der Waals surface area contributed by atoms with Crippen molar-refractivity contribution in [2.75, 3.05) is 0 Å². The summed E-state index contributed by atoms with van der Waals surface area (Å²) in [5.74, 6) is 0. The van der Waals surface area contributed by atoms with Crippen molar-refractivity contribution in [2.45, 2.75) is 6.42 Å². The van der Waals surface area contributed by atoms with Crippen molar-refractivity contribution in [2.24, 2.45) is 0 Å².